The van der Waals surface area contributed by atoms with E-state index < -0.39 is 29.0 Å². The van der Waals surface area contributed by atoms with E-state index in [0.29, 0.717) is 3.57 Å². The van der Waals surface area contributed by atoms with E-state index in [9.17, 15) is 18.0 Å². The average molecular weight is 517 g/mol. The maximum Gasteiger partial charge on any atom is 0.277 e. The van der Waals surface area contributed by atoms with E-state index in [1.165, 1.54) is 12.1 Å². The topological polar surface area (TPSA) is 83.0 Å². The molecule has 0 aliphatic rings. The summed E-state index contributed by atoms with van der Waals surface area (Å²) in [5.41, 5.74) is 0.524. The Morgan fingerprint density at radius 1 is 1.31 bits per heavy atom. The van der Waals surface area contributed by atoms with Crippen LogP contribution in [0.3, 0.4) is 0 Å². The van der Waals surface area contributed by atoms with E-state index >= 15 is 0 Å². The van der Waals surface area contributed by atoms with Gasteiger partial charge >= 0.3 is 0 Å². The number of hydroxylamine groups is 1. The first kappa shape index (κ1) is 22.7. The summed E-state index contributed by atoms with van der Waals surface area (Å²) >= 11 is 1.89. The predicted octanol–water partition coefficient (Wildman–Crippen LogP) is 3.16. The smallest absolute Gasteiger partial charge is 0.277 e. The number of halogens is 4. The third-order valence-electron chi connectivity index (χ3n) is 3.44. The van der Waals surface area contributed by atoms with Crippen LogP contribution in [0.1, 0.15) is 15.9 Å². The molecule has 152 valence electrons. The van der Waals surface area contributed by atoms with Crippen LogP contribution in [0.25, 0.3) is 0 Å². The fraction of sp³-hybridized carbons (Fsp3) is 0.158. The molecule has 2 aromatic rings. The minimum atomic E-state index is -1.42. The fourth-order valence-corrected chi connectivity index (χ4v) is 2.63. The van der Waals surface area contributed by atoms with Crippen molar-refractivity contribution in [1.82, 2.24) is 5.48 Å². The molecule has 1 amide bonds. The first-order valence-electron chi connectivity index (χ1n) is 8.09. The number of nitrogens with one attached hydrogen (secondary N) is 2. The molecule has 0 saturated carbocycles. The minimum absolute atomic E-state index is 0.0733. The molecule has 0 radical (unpaired) electrons. The number of hydrogen-bond acceptors (Lipinski definition) is 5. The van der Waals surface area contributed by atoms with Crippen molar-refractivity contribution in [1.29, 1.82) is 0 Å². The predicted molar refractivity (Wildman–Crippen MR) is 111 cm³/mol. The highest BCUT2D eigenvalue weighted by atomic mass is 127. The number of anilines is 2. The molecular formula is C19H15F3IN3O3. The normalized spacial score (nSPS) is 10.8. The highest BCUT2D eigenvalue weighted by Gasteiger charge is 2.23. The average Bonchev–Trinajstić information content (AvgIpc) is 2.69. The Bertz CT molecular complexity index is 977. The van der Waals surface area contributed by atoms with Crippen molar-refractivity contribution in [2.75, 3.05) is 25.1 Å². The van der Waals surface area contributed by atoms with Crippen molar-refractivity contribution < 1.29 is 27.9 Å². The zero-order chi connectivity index (χ0) is 21.4. The second-order valence-electron chi connectivity index (χ2n) is 5.44. The highest BCUT2D eigenvalue weighted by molar-refractivity contribution is 14.1. The van der Waals surface area contributed by atoms with Gasteiger partial charge in [-0.05, 0) is 46.9 Å². The van der Waals surface area contributed by atoms with E-state index in [0.717, 1.165) is 12.3 Å². The summed E-state index contributed by atoms with van der Waals surface area (Å²) in [6.07, 6.45) is 6.05. The van der Waals surface area contributed by atoms with Crippen LogP contribution in [0, 0.1) is 33.4 Å². The molecule has 6 nitrogen and oxygen atoms in total. The van der Waals surface area contributed by atoms with Gasteiger partial charge in [0, 0.05) is 15.3 Å². The van der Waals surface area contributed by atoms with E-state index in [1.807, 2.05) is 28.1 Å². The molecule has 0 heterocycles. The lowest BCUT2D eigenvalue weighted by molar-refractivity contribution is 0.0168. The molecule has 29 heavy (non-hydrogen) atoms. The van der Waals surface area contributed by atoms with Crippen LogP contribution in [0.15, 0.2) is 29.3 Å². The minimum Gasteiger partial charge on any atom is -0.394 e. The first-order valence-corrected chi connectivity index (χ1v) is 9.17. The van der Waals surface area contributed by atoms with Gasteiger partial charge in [0.05, 0.1) is 36.7 Å². The Balaban J connectivity index is 2.52. The van der Waals surface area contributed by atoms with Crippen LogP contribution in [-0.4, -0.2) is 37.0 Å². The van der Waals surface area contributed by atoms with Gasteiger partial charge in [-0.2, -0.15) is 0 Å². The summed E-state index contributed by atoms with van der Waals surface area (Å²) in [6.45, 7) is -0.669. The summed E-state index contributed by atoms with van der Waals surface area (Å²) < 4.78 is 44.0. The number of nitrogens with zero attached hydrogens (tertiary/aromatic N) is 1. The van der Waals surface area contributed by atoms with Crippen LogP contribution in [-0.2, 0) is 4.84 Å². The van der Waals surface area contributed by atoms with Gasteiger partial charge in [-0.1, -0.05) is 5.92 Å². The number of rotatable bonds is 8. The molecule has 0 aromatic heterocycles. The lowest BCUT2D eigenvalue weighted by atomic mass is 10.1. The number of aliphatic hydroxyl groups is 1. The molecule has 0 fully saturated rings. The molecule has 0 aliphatic carbocycles. The Morgan fingerprint density at radius 3 is 2.72 bits per heavy atom. The zero-order valence-electron chi connectivity index (χ0n) is 14.8. The first-order chi connectivity index (χ1) is 13.9. The third-order valence-corrected chi connectivity index (χ3v) is 4.11. The maximum atomic E-state index is 14.8. The number of hydrogen-bond donors (Lipinski definition) is 3. The summed E-state index contributed by atoms with van der Waals surface area (Å²) in [5, 5.41) is 11.1. The number of aliphatic imine (C=N–C) groups is 1. The Kier molecular flexibility index (Phi) is 8.44. The van der Waals surface area contributed by atoms with Gasteiger partial charge in [-0.25, -0.2) is 18.7 Å². The molecule has 0 spiro atoms. The third kappa shape index (κ3) is 5.93. The number of amides is 1. The lowest BCUT2D eigenvalue weighted by Crippen LogP contribution is -2.26. The van der Waals surface area contributed by atoms with Gasteiger partial charge in [0.25, 0.3) is 5.91 Å². The van der Waals surface area contributed by atoms with Gasteiger partial charge in [-0.3, -0.25) is 14.6 Å². The van der Waals surface area contributed by atoms with Gasteiger partial charge < -0.3 is 10.4 Å². The van der Waals surface area contributed by atoms with Gasteiger partial charge in [0.15, 0.2) is 11.6 Å². The number of carbonyl (C=O) groups is 1. The van der Waals surface area contributed by atoms with Crippen molar-refractivity contribution in [2.24, 2.45) is 4.99 Å². The molecule has 0 aliphatic heterocycles. The van der Waals surface area contributed by atoms with Crippen LogP contribution in [0.5, 0.6) is 0 Å². The molecule has 0 unspecified atom stereocenters. The maximum absolute atomic E-state index is 14.8. The molecule has 0 atom stereocenters. The number of aliphatic hydroxyl groups excluding tert-OH is 1. The lowest BCUT2D eigenvalue weighted by Gasteiger charge is -2.15. The van der Waals surface area contributed by atoms with E-state index in [4.69, 9.17) is 16.4 Å². The van der Waals surface area contributed by atoms with Crippen molar-refractivity contribution in [3.8, 4) is 12.3 Å². The summed E-state index contributed by atoms with van der Waals surface area (Å²) in [7, 11) is 0. The second-order valence-corrected chi connectivity index (χ2v) is 6.69. The van der Waals surface area contributed by atoms with E-state index in [-0.39, 0.29) is 36.6 Å². The summed E-state index contributed by atoms with van der Waals surface area (Å²) in [5.74, 6) is -2.18. The second kappa shape index (κ2) is 10.8. The Hall–Kier alpha value is -2.62. The van der Waals surface area contributed by atoms with Crippen LogP contribution in [0.4, 0.5) is 24.5 Å². The summed E-state index contributed by atoms with van der Waals surface area (Å²) in [4.78, 5) is 20.9. The van der Waals surface area contributed by atoms with Crippen LogP contribution in [0.2, 0.25) is 0 Å². The molecular weight excluding hydrogens is 502 g/mol. The molecule has 0 saturated heterocycles. The quantitative estimate of drug-likeness (QED) is 0.165. The van der Waals surface area contributed by atoms with Crippen LogP contribution < -0.4 is 10.8 Å². The molecule has 2 rings (SSSR count). The summed E-state index contributed by atoms with van der Waals surface area (Å²) in [6, 6.07) is 5.07. The molecule has 10 heteroatoms. The largest absolute Gasteiger partial charge is 0.394 e. The number of benzene rings is 2. The number of carbonyl (C=O) groups excluding carboxylic acids is 1. The monoisotopic (exact) mass is 517 g/mol. The SMILES string of the molecule is C#CC/N=C/c1cc(C(=O)NOCCO)c(Nc2ccc(I)cc2F)c(F)c1F. The molecule has 2 aromatic carbocycles. The van der Waals surface area contributed by atoms with Gasteiger partial charge in [0.1, 0.15) is 5.82 Å². The fourth-order valence-electron chi connectivity index (χ4n) is 2.18. The zero-order valence-corrected chi connectivity index (χ0v) is 17.0. The van der Waals surface area contributed by atoms with Crippen molar-refractivity contribution in [2.45, 2.75) is 0 Å². The molecule has 0 bridgehead atoms. The van der Waals surface area contributed by atoms with Crippen molar-refractivity contribution in [3.63, 3.8) is 0 Å². The number of terminal acetylenes is 1. The van der Waals surface area contributed by atoms with Gasteiger partial charge in [-0.15, -0.1) is 6.42 Å². The van der Waals surface area contributed by atoms with Gasteiger partial charge in [0.2, 0.25) is 0 Å². The van der Waals surface area contributed by atoms with Crippen molar-refractivity contribution >= 4 is 46.1 Å². The standard InChI is InChI=1S/C19H15F3IN3O3/c1-2-5-24-10-11-8-13(19(28)26-29-7-6-27)18(17(22)16(11)21)25-15-4-3-12(23)9-14(15)20/h1,3-4,8-10,25,27H,5-7H2,(H,26,28)/b24-10+. The van der Waals surface area contributed by atoms with Crippen molar-refractivity contribution in [3.05, 3.63) is 56.4 Å². The molecule has 3 N–H and O–H groups in total. The Morgan fingerprint density at radius 2 is 2.07 bits per heavy atom. The van der Waals surface area contributed by atoms with Crippen LogP contribution >= 0.6 is 22.6 Å². The van der Waals surface area contributed by atoms with E-state index in [2.05, 4.69) is 16.2 Å². The highest BCUT2D eigenvalue weighted by Crippen LogP contribution is 2.30. The van der Waals surface area contributed by atoms with E-state index in [1.54, 1.807) is 6.07 Å². The Labute approximate surface area is 178 Å².